The summed E-state index contributed by atoms with van der Waals surface area (Å²) in [7, 11) is -1.11. The first-order valence-corrected chi connectivity index (χ1v) is 10.8. The molecule has 0 bridgehead atoms. The van der Waals surface area contributed by atoms with Crippen molar-refractivity contribution < 1.29 is 13.2 Å². The van der Waals surface area contributed by atoms with Gasteiger partial charge in [0.15, 0.2) is 15.0 Å². The van der Waals surface area contributed by atoms with Gasteiger partial charge in [0, 0.05) is 19.0 Å². The highest BCUT2D eigenvalue weighted by molar-refractivity contribution is 7.99. The average Bonchev–Trinajstić information content (AvgIpc) is 3.18. The van der Waals surface area contributed by atoms with Gasteiger partial charge in [-0.05, 0) is 19.3 Å². The molecular formula is C14H22N4O3S2. The first kappa shape index (κ1) is 16.8. The van der Waals surface area contributed by atoms with Crippen molar-refractivity contribution in [2.75, 3.05) is 17.3 Å². The predicted octanol–water partition coefficient (Wildman–Crippen LogP) is 0.868. The van der Waals surface area contributed by atoms with Crippen LogP contribution in [0.4, 0.5) is 0 Å². The molecule has 2 aliphatic rings. The Morgan fingerprint density at radius 2 is 2.04 bits per heavy atom. The van der Waals surface area contributed by atoms with E-state index in [9.17, 15) is 13.2 Å². The van der Waals surface area contributed by atoms with Crippen LogP contribution in [0, 0.1) is 0 Å². The summed E-state index contributed by atoms with van der Waals surface area (Å²) in [5, 5.41) is 12.0. The molecule has 1 aliphatic heterocycles. The minimum atomic E-state index is -2.94. The Balaban J connectivity index is 1.56. The van der Waals surface area contributed by atoms with Crippen LogP contribution in [-0.4, -0.2) is 52.4 Å². The molecule has 1 aliphatic carbocycles. The van der Waals surface area contributed by atoms with Crippen molar-refractivity contribution in [2.24, 2.45) is 7.05 Å². The summed E-state index contributed by atoms with van der Waals surface area (Å²) in [6.07, 6.45) is 5.12. The van der Waals surface area contributed by atoms with E-state index in [-0.39, 0.29) is 23.3 Å². The Morgan fingerprint density at radius 1 is 1.30 bits per heavy atom. The van der Waals surface area contributed by atoms with Gasteiger partial charge in [0.2, 0.25) is 5.91 Å². The number of thioether (sulfide) groups is 1. The summed E-state index contributed by atoms with van der Waals surface area (Å²) in [4.78, 5) is 12.0. The monoisotopic (exact) mass is 358 g/mol. The van der Waals surface area contributed by atoms with Crippen molar-refractivity contribution in [2.45, 2.75) is 49.2 Å². The van der Waals surface area contributed by atoms with Gasteiger partial charge >= 0.3 is 0 Å². The zero-order valence-corrected chi connectivity index (χ0v) is 14.8. The van der Waals surface area contributed by atoms with E-state index < -0.39 is 9.84 Å². The van der Waals surface area contributed by atoms with Crippen LogP contribution < -0.4 is 5.32 Å². The molecular weight excluding hydrogens is 336 g/mol. The second-order valence-corrected chi connectivity index (χ2v) is 9.51. The Bertz CT molecular complexity index is 680. The first-order valence-electron chi connectivity index (χ1n) is 7.96. The number of aromatic nitrogens is 3. The lowest BCUT2D eigenvalue weighted by Gasteiger charge is -2.11. The third-order valence-electron chi connectivity index (χ3n) is 4.52. The van der Waals surface area contributed by atoms with Crippen LogP contribution in [0.3, 0.4) is 0 Å². The van der Waals surface area contributed by atoms with Crippen molar-refractivity contribution >= 4 is 27.5 Å². The molecule has 128 valence electrons. The molecule has 2 fully saturated rings. The Kier molecular flexibility index (Phi) is 4.96. The number of hydrogen-bond donors (Lipinski definition) is 1. The Hall–Kier alpha value is -1.09. The van der Waals surface area contributed by atoms with Crippen LogP contribution in [0.1, 0.15) is 43.8 Å². The maximum absolute atomic E-state index is 12.0. The summed E-state index contributed by atoms with van der Waals surface area (Å²) in [5.41, 5.74) is 0. The van der Waals surface area contributed by atoms with E-state index in [2.05, 4.69) is 15.5 Å². The van der Waals surface area contributed by atoms with Gasteiger partial charge in [-0.25, -0.2) is 8.42 Å². The van der Waals surface area contributed by atoms with Gasteiger partial charge in [-0.3, -0.25) is 4.79 Å². The highest BCUT2D eigenvalue weighted by Gasteiger charge is 2.32. The molecule has 0 aromatic carbocycles. The minimum Gasteiger partial charge on any atom is -0.353 e. The number of nitrogens with zero attached hydrogens (tertiary/aromatic N) is 3. The number of sulfone groups is 1. The molecule has 0 radical (unpaired) electrons. The molecule has 1 aromatic heterocycles. The van der Waals surface area contributed by atoms with Crippen LogP contribution in [-0.2, 0) is 21.7 Å². The van der Waals surface area contributed by atoms with Gasteiger partial charge in [0.1, 0.15) is 5.82 Å². The fourth-order valence-electron chi connectivity index (χ4n) is 3.28. The zero-order chi connectivity index (χ0) is 16.4. The summed E-state index contributed by atoms with van der Waals surface area (Å²) >= 11 is 1.35. The predicted molar refractivity (Wildman–Crippen MR) is 88.1 cm³/mol. The highest BCUT2D eigenvalue weighted by Crippen LogP contribution is 2.29. The maximum atomic E-state index is 12.0. The lowest BCUT2D eigenvalue weighted by molar-refractivity contribution is -0.119. The first-order chi connectivity index (χ1) is 10.9. The van der Waals surface area contributed by atoms with E-state index in [0.29, 0.717) is 29.2 Å². The summed E-state index contributed by atoms with van der Waals surface area (Å²) < 4.78 is 25.0. The molecule has 1 saturated heterocycles. The Morgan fingerprint density at radius 3 is 2.70 bits per heavy atom. The van der Waals surface area contributed by atoms with Gasteiger partial charge in [-0.2, -0.15) is 0 Å². The number of carbonyl (C=O) groups excluding carboxylic acids is 1. The third kappa shape index (κ3) is 4.06. The van der Waals surface area contributed by atoms with Crippen molar-refractivity contribution in [3.05, 3.63) is 5.82 Å². The van der Waals surface area contributed by atoms with E-state index in [4.69, 9.17) is 0 Å². The van der Waals surface area contributed by atoms with E-state index in [0.717, 1.165) is 12.8 Å². The van der Waals surface area contributed by atoms with Gasteiger partial charge in [-0.1, -0.05) is 24.6 Å². The number of carbonyl (C=O) groups is 1. The molecule has 7 nitrogen and oxygen atoms in total. The molecule has 1 N–H and O–H groups in total. The summed E-state index contributed by atoms with van der Waals surface area (Å²) in [6, 6.07) is 0.321. The molecule has 23 heavy (non-hydrogen) atoms. The molecule has 1 atom stereocenters. The van der Waals surface area contributed by atoms with E-state index in [1.807, 2.05) is 11.6 Å². The third-order valence-corrected chi connectivity index (χ3v) is 7.31. The number of amides is 1. The van der Waals surface area contributed by atoms with Crippen molar-refractivity contribution in [3.8, 4) is 0 Å². The molecule has 1 unspecified atom stereocenters. The topological polar surface area (TPSA) is 93.9 Å². The molecule has 1 aromatic rings. The average molecular weight is 358 g/mol. The van der Waals surface area contributed by atoms with Gasteiger partial charge < -0.3 is 9.88 Å². The fraction of sp³-hybridized carbons (Fsp3) is 0.786. The van der Waals surface area contributed by atoms with Crippen LogP contribution in [0.25, 0.3) is 0 Å². The van der Waals surface area contributed by atoms with E-state index >= 15 is 0 Å². The quantitative estimate of drug-likeness (QED) is 0.785. The SMILES string of the molecule is Cn1c(SCC(=O)NC2CCCC2)nnc1C1CCS(=O)(=O)C1. The summed E-state index contributed by atoms with van der Waals surface area (Å²) in [5.74, 6) is 1.31. The molecule has 3 rings (SSSR count). The number of nitrogens with one attached hydrogen (secondary N) is 1. The second-order valence-electron chi connectivity index (χ2n) is 6.34. The lowest BCUT2D eigenvalue weighted by Crippen LogP contribution is -2.33. The van der Waals surface area contributed by atoms with Crippen LogP contribution >= 0.6 is 11.8 Å². The fourth-order valence-corrected chi connectivity index (χ4v) is 5.74. The smallest absolute Gasteiger partial charge is 0.230 e. The molecule has 9 heteroatoms. The van der Waals surface area contributed by atoms with Gasteiger partial charge in [-0.15, -0.1) is 10.2 Å². The highest BCUT2D eigenvalue weighted by atomic mass is 32.2. The molecule has 1 saturated carbocycles. The summed E-state index contributed by atoms with van der Waals surface area (Å²) in [6.45, 7) is 0. The maximum Gasteiger partial charge on any atom is 0.230 e. The standard InChI is InChI=1S/C14H22N4O3S2/c1-18-13(10-6-7-23(20,21)9-10)16-17-14(18)22-8-12(19)15-11-4-2-3-5-11/h10-11H,2-9H2,1H3,(H,15,19). The van der Waals surface area contributed by atoms with Gasteiger partial charge in [0.05, 0.1) is 17.3 Å². The van der Waals surface area contributed by atoms with E-state index in [1.165, 1.54) is 24.6 Å². The molecule has 2 heterocycles. The lowest BCUT2D eigenvalue weighted by atomic mass is 10.1. The Labute approximate surface area is 140 Å². The second kappa shape index (κ2) is 6.80. The number of rotatable bonds is 5. The molecule has 1 amide bonds. The molecule has 0 spiro atoms. The van der Waals surface area contributed by atoms with E-state index in [1.54, 1.807) is 0 Å². The minimum absolute atomic E-state index is 0.0231. The van der Waals surface area contributed by atoms with Crippen molar-refractivity contribution in [1.82, 2.24) is 20.1 Å². The van der Waals surface area contributed by atoms with Crippen molar-refractivity contribution in [1.29, 1.82) is 0 Å². The van der Waals surface area contributed by atoms with Crippen LogP contribution in [0.15, 0.2) is 5.16 Å². The van der Waals surface area contributed by atoms with Gasteiger partial charge in [0.25, 0.3) is 0 Å². The van der Waals surface area contributed by atoms with Crippen molar-refractivity contribution in [3.63, 3.8) is 0 Å². The number of hydrogen-bond acceptors (Lipinski definition) is 6. The normalized spacial score (nSPS) is 24.1. The van der Waals surface area contributed by atoms with Crippen LogP contribution in [0.5, 0.6) is 0 Å². The van der Waals surface area contributed by atoms with Crippen LogP contribution in [0.2, 0.25) is 0 Å². The largest absolute Gasteiger partial charge is 0.353 e. The zero-order valence-electron chi connectivity index (χ0n) is 13.2.